The van der Waals surface area contributed by atoms with E-state index >= 15 is 0 Å². The van der Waals surface area contributed by atoms with Crippen LogP contribution >= 0.6 is 0 Å². The summed E-state index contributed by atoms with van der Waals surface area (Å²) in [6.07, 6.45) is 3.30. The Morgan fingerprint density at radius 2 is 2.38 bits per heavy atom. The van der Waals surface area contributed by atoms with Crippen LogP contribution in [0, 0.1) is 0 Å². The molecule has 0 spiro atoms. The highest BCUT2D eigenvalue weighted by Crippen LogP contribution is 2.08. The summed E-state index contributed by atoms with van der Waals surface area (Å²) < 4.78 is 1.87. The van der Waals surface area contributed by atoms with E-state index < -0.39 is 0 Å². The minimum Gasteiger partial charge on any atom is -0.326 e. The highest BCUT2D eigenvalue weighted by atomic mass is 16.1. The third-order valence-corrected chi connectivity index (χ3v) is 1.85. The minimum atomic E-state index is 0.0775. The zero-order valence-corrected chi connectivity index (χ0v) is 8.24. The molecule has 1 aromatic rings. The molecule has 0 aromatic carbocycles. The molecule has 0 aliphatic carbocycles. The van der Waals surface area contributed by atoms with Gasteiger partial charge < -0.3 is 9.88 Å². The Morgan fingerprint density at radius 3 is 2.92 bits per heavy atom. The lowest BCUT2D eigenvalue weighted by atomic mass is 10.2. The van der Waals surface area contributed by atoms with Crippen molar-refractivity contribution in [2.75, 3.05) is 13.6 Å². The first-order valence-corrected chi connectivity index (χ1v) is 4.36. The standard InChI is InChI=1S/C9H15N3O/c1-7(2)12-6-11-4-8(12)9(13)5-10-3/h4,6-7,10H,5H2,1-3H3. The Kier molecular flexibility index (Phi) is 3.19. The number of rotatable bonds is 4. The number of Topliss-reactive ketones (excluding diaryl/α,β-unsaturated/α-hetero) is 1. The van der Waals surface area contributed by atoms with Gasteiger partial charge in [0.15, 0.2) is 5.78 Å². The number of imidazole rings is 1. The fourth-order valence-corrected chi connectivity index (χ4v) is 1.18. The fraction of sp³-hybridized carbons (Fsp3) is 0.556. The van der Waals surface area contributed by atoms with Gasteiger partial charge in [-0.15, -0.1) is 0 Å². The van der Waals surface area contributed by atoms with Gasteiger partial charge in [0.2, 0.25) is 0 Å². The maximum Gasteiger partial charge on any atom is 0.194 e. The summed E-state index contributed by atoms with van der Waals surface area (Å²) >= 11 is 0. The van der Waals surface area contributed by atoms with Crippen LogP contribution in [0.25, 0.3) is 0 Å². The van der Waals surface area contributed by atoms with Gasteiger partial charge in [-0.05, 0) is 20.9 Å². The van der Waals surface area contributed by atoms with Crippen molar-refractivity contribution in [3.63, 3.8) is 0 Å². The first kappa shape index (κ1) is 9.92. The molecule has 0 amide bonds. The van der Waals surface area contributed by atoms with Gasteiger partial charge in [0.05, 0.1) is 19.1 Å². The molecule has 4 heteroatoms. The van der Waals surface area contributed by atoms with Gasteiger partial charge in [-0.25, -0.2) is 4.98 Å². The molecule has 13 heavy (non-hydrogen) atoms. The monoisotopic (exact) mass is 181 g/mol. The number of hydrogen-bond acceptors (Lipinski definition) is 3. The molecule has 1 N–H and O–H groups in total. The summed E-state index contributed by atoms with van der Waals surface area (Å²) in [4.78, 5) is 15.5. The predicted octanol–water partition coefficient (Wildman–Crippen LogP) is 0.866. The number of ketones is 1. The van der Waals surface area contributed by atoms with Crippen molar-refractivity contribution in [3.05, 3.63) is 18.2 Å². The average Bonchev–Trinajstić information content (AvgIpc) is 2.52. The lowest BCUT2D eigenvalue weighted by Gasteiger charge is -2.10. The van der Waals surface area contributed by atoms with E-state index in [4.69, 9.17) is 0 Å². The molecule has 0 aliphatic heterocycles. The summed E-state index contributed by atoms with van der Waals surface area (Å²) in [5, 5.41) is 2.83. The Bertz CT molecular complexity index is 291. The van der Waals surface area contributed by atoms with Crippen LogP contribution in [0.15, 0.2) is 12.5 Å². The third-order valence-electron chi connectivity index (χ3n) is 1.85. The highest BCUT2D eigenvalue weighted by molar-refractivity contribution is 5.95. The van der Waals surface area contributed by atoms with Gasteiger partial charge in [0.25, 0.3) is 0 Å². The van der Waals surface area contributed by atoms with Crippen molar-refractivity contribution < 1.29 is 4.79 Å². The Labute approximate surface area is 78.0 Å². The molecule has 1 aromatic heterocycles. The summed E-state index contributed by atoms with van der Waals surface area (Å²) in [6.45, 7) is 4.41. The molecule has 72 valence electrons. The van der Waals surface area contributed by atoms with Gasteiger partial charge in [-0.3, -0.25) is 4.79 Å². The number of nitrogens with one attached hydrogen (secondary N) is 1. The van der Waals surface area contributed by atoms with E-state index in [9.17, 15) is 4.79 Å². The molecular weight excluding hydrogens is 166 g/mol. The third kappa shape index (κ3) is 2.15. The van der Waals surface area contributed by atoms with Crippen LogP contribution in [0.4, 0.5) is 0 Å². The lowest BCUT2D eigenvalue weighted by Crippen LogP contribution is -2.21. The topological polar surface area (TPSA) is 46.9 Å². The molecule has 4 nitrogen and oxygen atoms in total. The normalized spacial score (nSPS) is 10.8. The second-order valence-electron chi connectivity index (χ2n) is 3.23. The molecule has 0 aliphatic rings. The van der Waals surface area contributed by atoms with Gasteiger partial charge in [0.1, 0.15) is 5.69 Å². The zero-order chi connectivity index (χ0) is 9.84. The van der Waals surface area contributed by atoms with E-state index in [0.29, 0.717) is 12.2 Å². The van der Waals surface area contributed by atoms with E-state index in [1.54, 1.807) is 19.6 Å². The molecular formula is C9H15N3O. The number of carbonyl (C=O) groups is 1. The van der Waals surface area contributed by atoms with Crippen molar-refractivity contribution in [2.24, 2.45) is 0 Å². The quantitative estimate of drug-likeness (QED) is 0.701. The summed E-state index contributed by atoms with van der Waals surface area (Å²) in [7, 11) is 1.76. The maximum atomic E-state index is 11.5. The SMILES string of the molecule is CNCC(=O)c1cncn1C(C)C. The van der Waals surface area contributed by atoms with Crippen molar-refractivity contribution in [1.82, 2.24) is 14.9 Å². The Morgan fingerprint density at radius 1 is 1.69 bits per heavy atom. The first-order valence-electron chi connectivity index (χ1n) is 4.36. The highest BCUT2D eigenvalue weighted by Gasteiger charge is 2.11. The fourth-order valence-electron chi connectivity index (χ4n) is 1.18. The predicted molar refractivity (Wildman–Crippen MR) is 50.9 cm³/mol. The molecule has 0 unspecified atom stereocenters. The molecule has 0 fully saturated rings. The van der Waals surface area contributed by atoms with Gasteiger partial charge in [-0.1, -0.05) is 0 Å². The maximum absolute atomic E-state index is 11.5. The number of nitrogens with zero attached hydrogens (tertiary/aromatic N) is 2. The van der Waals surface area contributed by atoms with E-state index in [0.717, 1.165) is 0 Å². The number of hydrogen-bond donors (Lipinski definition) is 1. The van der Waals surface area contributed by atoms with E-state index in [1.165, 1.54) is 0 Å². The minimum absolute atomic E-state index is 0.0775. The average molecular weight is 181 g/mol. The van der Waals surface area contributed by atoms with Crippen molar-refractivity contribution in [2.45, 2.75) is 19.9 Å². The van der Waals surface area contributed by atoms with Crippen LogP contribution in [0.3, 0.4) is 0 Å². The molecule has 0 saturated heterocycles. The Hall–Kier alpha value is -1.16. The number of carbonyl (C=O) groups excluding carboxylic acids is 1. The number of aromatic nitrogens is 2. The van der Waals surface area contributed by atoms with Crippen LogP contribution in [0.1, 0.15) is 30.4 Å². The van der Waals surface area contributed by atoms with Crippen LogP contribution in [0.2, 0.25) is 0 Å². The van der Waals surface area contributed by atoms with Crippen LogP contribution < -0.4 is 5.32 Å². The molecule has 0 bridgehead atoms. The zero-order valence-electron chi connectivity index (χ0n) is 8.24. The van der Waals surface area contributed by atoms with Crippen molar-refractivity contribution >= 4 is 5.78 Å². The van der Waals surface area contributed by atoms with Gasteiger partial charge >= 0.3 is 0 Å². The summed E-state index contributed by atoms with van der Waals surface area (Å²) in [5.41, 5.74) is 0.671. The van der Waals surface area contributed by atoms with Crippen LogP contribution in [0.5, 0.6) is 0 Å². The summed E-state index contributed by atoms with van der Waals surface area (Å²) in [6, 6.07) is 0.276. The van der Waals surface area contributed by atoms with Gasteiger partial charge in [-0.2, -0.15) is 0 Å². The van der Waals surface area contributed by atoms with Crippen LogP contribution in [-0.4, -0.2) is 28.9 Å². The van der Waals surface area contributed by atoms with E-state index in [-0.39, 0.29) is 11.8 Å². The molecule has 1 heterocycles. The molecule has 0 atom stereocenters. The van der Waals surface area contributed by atoms with E-state index in [1.807, 2.05) is 18.4 Å². The second kappa shape index (κ2) is 4.18. The largest absolute Gasteiger partial charge is 0.326 e. The van der Waals surface area contributed by atoms with Crippen molar-refractivity contribution in [1.29, 1.82) is 0 Å². The van der Waals surface area contributed by atoms with E-state index in [2.05, 4.69) is 10.3 Å². The molecule has 1 rings (SSSR count). The van der Waals surface area contributed by atoms with Crippen LogP contribution in [-0.2, 0) is 0 Å². The van der Waals surface area contributed by atoms with Gasteiger partial charge in [0, 0.05) is 6.04 Å². The Balaban J connectivity index is 2.87. The molecule has 0 radical (unpaired) electrons. The van der Waals surface area contributed by atoms with Crippen molar-refractivity contribution in [3.8, 4) is 0 Å². The summed E-state index contributed by atoms with van der Waals surface area (Å²) in [5.74, 6) is 0.0775. The number of likely N-dealkylation sites (N-methyl/N-ethyl adjacent to an activating group) is 1. The lowest BCUT2D eigenvalue weighted by molar-refractivity contribution is 0.0983. The smallest absolute Gasteiger partial charge is 0.194 e. The molecule has 0 saturated carbocycles. The second-order valence-corrected chi connectivity index (χ2v) is 3.23. The first-order chi connectivity index (χ1) is 6.16.